The third kappa shape index (κ3) is 5.83. The Balaban J connectivity index is 1.90. The summed E-state index contributed by atoms with van der Waals surface area (Å²) >= 11 is 5.91. The average molecular weight is 395 g/mol. The van der Waals surface area contributed by atoms with E-state index < -0.39 is 9.84 Å². The van der Waals surface area contributed by atoms with Crippen LogP contribution in [0.5, 0.6) is 0 Å². The van der Waals surface area contributed by atoms with Gasteiger partial charge in [-0.25, -0.2) is 8.42 Å². The zero-order valence-electron chi connectivity index (χ0n) is 15.1. The summed E-state index contributed by atoms with van der Waals surface area (Å²) in [7, 11) is -1.26. The number of halogens is 1. The van der Waals surface area contributed by atoms with Gasteiger partial charge in [-0.05, 0) is 49.9 Å². The van der Waals surface area contributed by atoms with E-state index in [2.05, 4.69) is 5.32 Å². The Morgan fingerprint density at radius 1 is 1.19 bits per heavy atom. The molecule has 0 saturated carbocycles. The third-order valence-corrected chi connectivity index (χ3v) is 5.62. The molecule has 0 bridgehead atoms. The van der Waals surface area contributed by atoms with Gasteiger partial charge in [0, 0.05) is 36.0 Å². The monoisotopic (exact) mass is 394 g/mol. The van der Waals surface area contributed by atoms with Crippen molar-refractivity contribution in [2.45, 2.75) is 24.3 Å². The van der Waals surface area contributed by atoms with E-state index in [0.29, 0.717) is 28.6 Å². The van der Waals surface area contributed by atoms with Crippen LogP contribution in [0.15, 0.2) is 53.4 Å². The molecule has 7 heteroatoms. The molecule has 0 aliphatic carbocycles. The summed E-state index contributed by atoms with van der Waals surface area (Å²) in [5.41, 5.74) is 1.67. The van der Waals surface area contributed by atoms with Gasteiger partial charge >= 0.3 is 0 Å². The number of hydrogen-bond acceptors (Lipinski definition) is 4. The molecule has 2 rings (SSSR count). The van der Waals surface area contributed by atoms with Gasteiger partial charge in [0.2, 0.25) is 5.91 Å². The second kappa shape index (κ2) is 8.66. The fourth-order valence-corrected chi connectivity index (χ4v) is 3.33. The van der Waals surface area contributed by atoms with Gasteiger partial charge in [0.25, 0.3) is 0 Å². The minimum atomic E-state index is -3.20. The van der Waals surface area contributed by atoms with Crippen LogP contribution in [0.2, 0.25) is 5.02 Å². The van der Waals surface area contributed by atoms with Crippen LogP contribution in [0.4, 0.5) is 5.69 Å². The molecule has 26 heavy (non-hydrogen) atoms. The van der Waals surface area contributed by atoms with Crippen LogP contribution in [-0.4, -0.2) is 39.1 Å². The second-order valence-electron chi connectivity index (χ2n) is 6.31. The Kier molecular flexibility index (Phi) is 6.81. The van der Waals surface area contributed by atoms with Crippen LogP contribution in [-0.2, 0) is 14.6 Å². The number of nitrogens with one attached hydrogen (secondary N) is 1. The lowest BCUT2D eigenvalue weighted by atomic mass is 10.1. The van der Waals surface area contributed by atoms with E-state index in [4.69, 9.17) is 11.6 Å². The number of hydrogen-bond donors (Lipinski definition) is 1. The molecule has 1 unspecified atom stereocenters. The maximum absolute atomic E-state index is 12.1. The molecule has 0 fully saturated rings. The van der Waals surface area contributed by atoms with Crippen LogP contribution in [0, 0.1) is 0 Å². The molecule has 2 aromatic carbocycles. The molecular formula is C19H23ClN2O3S. The largest absolute Gasteiger partial charge is 0.326 e. The number of amides is 1. The summed E-state index contributed by atoms with van der Waals surface area (Å²) in [5, 5.41) is 3.40. The Labute approximate surface area is 159 Å². The highest BCUT2D eigenvalue weighted by Crippen LogP contribution is 2.21. The Hall–Kier alpha value is -1.89. The van der Waals surface area contributed by atoms with E-state index in [1.54, 1.807) is 36.4 Å². The predicted molar refractivity (Wildman–Crippen MR) is 105 cm³/mol. The first-order valence-corrected chi connectivity index (χ1v) is 10.5. The molecule has 0 aromatic heterocycles. The number of carbonyl (C=O) groups is 1. The first-order valence-electron chi connectivity index (χ1n) is 8.22. The van der Waals surface area contributed by atoms with Gasteiger partial charge in [-0.15, -0.1) is 0 Å². The zero-order chi connectivity index (χ0) is 19.3. The lowest BCUT2D eigenvalue weighted by molar-refractivity contribution is -0.116. The Morgan fingerprint density at radius 3 is 2.42 bits per heavy atom. The van der Waals surface area contributed by atoms with Crippen molar-refractivity contribution < 1.29 is 13.2 Å². The number of nitrogens with zero attached hydrogens (tertiary/aromatic N) is 1. The number of benzene rings is 2. The molecule has 1 N–H and O–H groups in total. The quantitative estimate of drug-likeness (QED) is 0.776. The van der Waals surface area contributed by atoms with Crippen LogP contribution in [0.3, 0.4) is 0 Å². The average Bonchev–Trinajstić information content (AvgIpc) is 2.58. The smallest absolute Gasteiger partial charge is 0.225 e. The van der Waals surface area contributed by atoms with Crippen LogP contribution in [0.25, 0.3) is 0 Å². The van der Waals surface area contributed by atoms with E-state index in [9.17, 15) is 13.2 Å². The molecule has 0 heterocycles. The van der Waals surface area contributed by atoms with Gasteiger partial charge < -0.3 is 5.32 Å². The summed E-state index contributed by atoms with van der Waals surface area (Å²) in [6.45, 7) is 2.59. The van der Waals surface area contributed by atoms with E-state index in [0.717, 1.165) is 5.56 Å². The molecule has 2 aromatic rings. The van der Waals surface area contributed by atoms with Gasteiger partial charge in [-0.2, -0.15) is 0 Å². The van der Waals surface area contributed by atoms with Crippen molar-refractivity contribution in [3.05, 3.63) is 59.1 Å². The maximum atomic E-state index is 12.1. The number of rotatable bonds is 7. The molecule has 0 aliphatic rings. The van der Waals surface area contributed by atoms with Gasteiger partial charge in [-0.3, -0.25) is 9.69 Å². The number of carbonyl (C=O) groups excluding carboxylic acids is 1. The molecule has 1 atom stereocenters. The van der Waals surface area contributed by atoms with Crippen molar-refractivity contribution in [3.8, 4) is 0 Å². The van der Waals surface area contributed by atoms with E-state index in [1.165, 1.54) is 6.26 Å². The van der Waals surface area contributed by atoms with Crippen LogP contribution >= 0.6 is 11.6 Å². The summed E-state index contributed by atoms with van der Waals surface area (Å²) in [6.07, 6.45) is 1.53. The molecule has 0 radical (unpaired) electrons. The fraction of sp³-hybridized carbons (Fsp3) is 0.316. The highest BCUT2D eigenvalue weighted by atomic mass is 35.5. The molecule has 0 saturated heterocycles. The van der Waals surface area contributed by atoms with Gasteiger partial charge in [-0.1, -0.05) is 29.8 Å². The van der Waals surface area contributed by atoms with Crippen molar-refractivity contribution in [3.63, 3.8) is 0 Å². The summed E-state index contributed by atoms with van der Waals surface area (Å²) in [5.74, 6) is -0.0845. The Morgan fingerprint density at radius 2 is 1.85 bits per heavy atom. The lowest BCUT2D eigenvalue weighted by Crippen LogP contribution is -2.27. The van der Waals surface area contributed by atoms with Gasteiger partial charge in [0.05, 0.1) is 4.90 Å². The van der Waals surface area contributed by atoms with Crippen molar-refractivity contribution in [2.75, 3.05) is 25.2 Å². The minimum Gasteiger partial charge on any atom is -0.326 e. The van der Waals surface area contributed by atoms with Gasteiger partial charge in [0.15, 0.2) is 9.84 Å². The first kappa shape index (κ1) is 20.4. The first-order chi connectivity index (χ1) is 12.2. The van der Waals surface area contributed by atoms with Crippen molar-refractivity contribution >= 4 is 33.0 Å². The second-order valence-corrected chi connectivity index (χ2v) is 8.76. The third-order valence-electron chi connectivity index (χ3n) is 4.25. The standard InChI is InChI=1S/C19H23ClN2O3S/c1-14(15-7-9-18(10-8-15)26(3,24)25)22(2)12-11-19(23)21-17-6-4-5-16(20)13-17/h4-10,13-14H,11-12H2,1-3H3,(H,21,23). The molecule has 0 spiro atoms. The maximum Gasteiger partial charge on any atom is 0.225 e. The number of anilines is 1. The van der Waals surface area contributed by atoms with E-state index >= 15 is 0 Å². The van der Waals surface area contributed by atoms with E-state index in [1.807, 2.05) is 31.0 Å². The highest BCUT2D eigenvalue weighted by molar-refractivity contribution is 7.90. The lowest BCUT2D eigenvalue weighted by Gasteiger charge is -2.25. The van der Waals surface area contributed by atoms with Crippen LogP contribution in [0.1, 0.15) is 24.9 Å². The summed E-state index contributed by atoms with van der Waals surface area (Å²) in [6, 6.07) is 13.9. The van der Waals surface area contributed by atoms with E-state index in [-0.39, 0.29) is 11.9 Å². The molecule has 140 valence electrons. The fourth-order valence-electron chi connectivity index (χ4n) is 2.51. The highest BCUT2D eigenvalue weighted by Gasteiger charge is 2.14. The van der Waals surface area contributed by atoms with Crippen LogP contribution < -0.4 is 5.32 Å². The molecule has 1 amide bonds. The van der Waals surface area contributed by atoms with Crippen molar-refractivity contribution in [2.24, 2.45) is 0 Å². The molecule has 5 nitrogen and oxygen atoms in total. The van der Waals surface area contributed by atoms with Gasteiger partial charge in [0.1, 0.15) is 0 Å². The molecule has 0 aliphatic heterocycles. The zero-order valence-corrected chi connectivity index (χ0v) is 16.6. The van der Waals surface area contributed by atoms with Crippen molar-refractivity contribution in [1.29, 1.82) is 0 Å². The predicted octanol–water partition coefficient (Wildman–Crippen LogP) is 3.77. The number of sulfone groups is 1. The normalized spacial score (nSPS) is 12.8. The topological polar surface area (TPSA) is 66.5 Å². The Bertz CT molecular complexity index is 867. The minimum absolute atomic E-state index is 0.0579. The molecular weight excluding hydrogens is 372 g/mol. The van der Waals surface area contributed by atoms with Crippen molar-refractivity contribution in [1.82, 2.24) is 4.90 Å². The summed E-state index contributed by atoms with van der Waals surface area (Å²) in [4.78, 5) is 14.4. The SMILES string of the molecule is CC(c1ccc(S(C)(=O)=O)cc1)N(C)CCC(=O)Nc1cccc(Cl)c1. The summed E-state index contributed by atoms with van der Waals surface area (Å²) < 4.78 is 23.1.